The molecule has 0 radical (unpaired) electrons. The van der Waals surface area contributed by atoms with Crippen LogP contribution in [0.25, 0.3) is 0 Å². The third-order valence-electron chi connectivity index (χ3n) is 3.71. The molecule has 0 aliphatic heterocycles. The summed E-state index contributed by atoms with van der Waals surface area (Å²) < 4.78 is 0. The SMILES string of the molecule is CC(C)CC(N)C(=O)NC(CO)C(=O)NC(CC(N)=O)C(=O)NC(CS)C(=O)O. The van der Waals surface area contributed by atoms with Gasteiger partial charge in [-0.25, -0.2) is 4.79 Å². The fourth-order valence-corrected chi connectivity index (χ4v) is 2.48. The average molecular weight is 436 g/mol. The summed E-state index contributed by atoms with van der Waals surface area (Å²) in [6, 6.07) is -5.23. The number of hydrogen-bond acceptors (Lipinski definition) is 8. The Hall–Kier alpha value is -2.38. The van der Waals surface area contributed by atoms with E-state index >= 15 is 0 Å². The van der Waals surface area contributed by atoms with E-state index < -0.39 is 66.8 Å². The first-order valence-corrected chi connectivity index (χ1v) is 9.45. The van der Waals surface area contributed by atoms with Crippen LogP contribution in [0.2, 0.25) is 0 Å². The van der Waals surface area contributed by atoms with E-state index in [9.17, 15) is 29.1 Å². The highest BCUT2D eigenvalue weighted by Gasteiger charge is 2.30. The number of nitrogens with two attached hydrogens (primary N) is 2. The predicted octanol–water partition coefficient (Wildman–Crippen LogP) is -3.30. The van der Waals surface area contributed by atoms with Gasteiger partial charge in [-0.15, -0.1) is 0 Å². The summed E-state index contributed by atoms with van der Waals surface area (Å²) in [7, 11) is 0. The highest BCUT2D eigenvalue weighted by molar-refractivity contribution is 7.80. The number of nitrogens with one attached hydrogen (secondary N) is 3. The first-order valence-electron chi connectivity index (χ1n) is 8.82. The number of aliphatic carboxylic acids is 1. The minimum atomic E-state index is -1.52. The topological polar surface area (TPSA) is 214 Å². The molecule has 4 amide bonds. The normalized spacial score (nSPS) is 15.0. The van der Waals surface area contributed by atoms with Crippen LogP contribution in [-0.2, 0) is 24.0 Å². The maximum atomic E-state index is 12.3. The van der Waals surface area contributed by atoms with Crippen LogP contribution in [0.15, 0.2) is 0 Å². The van der Waals surface area contributed by atoms with Crippen molar-refractivity contribution in [3.63, 3.8) is 0 Å². The highest BCUT2D eigenvalue weighted by atomic mass is 32.1. The summed E-state index contributed by atoms with van der Waals surface area (Å²) in [6.07, 6.45) is -0.284. The van der Waals surface area contributed by atoms with Crippen molar-refractivity contribution in [1.29, 1.82) is 0 Å². The fourth-order valence-electron chi connectivity index (χ4n) is 2.23. The molecule has 0 aromatic carbocycles. The number of amides is 4. The van der Waals surface area contributed by atoms with E-state index in [1.165, 1.54) is 0 Å². The van der Waals surface area contributed by atoms with Crippen LogP contribution in [0, 0.1) is 5.92 Å². The summed E-state index contributed by atoms with van der Waals surface area (Å²) in [5.74, 6) is -5.06. The number of aliphatic hydroxyl groups is 1. The van der Waals surface area contributed by atoms with Crippen LogP contribution >= 0.6 is 12.6 Å². The van der Waals surface area contributed by atoms with Crippen molar-refractivity contribution in [3.05, 3.63) is 0 Å². The van der Waals surface area contributed by atoms with Gasteiger partial charge in [-0.3, -0.25) is 19.2 Å². The van der Waals surface area contributed by atoms with Crippen LogP contribution in [0.5, 0.6) is 0 Å². The van der Waals surface area contributed by atoms with Gasteiger partial charge in [0.2, 0.25) is 23.6 Å². The van der Waals surface area contributed by atoms with E-state index in [0.29, 0.717) is 6.42 Å². The van der Waals surface area contributed by atoms with Gasteiger partial charge in [0.05, 0.1) is 19.1 Å². The van der Waals surface area contributed by atoms with E-state index in [-0.39, 0.29) is 11.7 Å². The van der Waals surface area contributed by atoms with Gasteiger partial charge in [0, 0.05) is 5.75 Å². The number of primary amides is 1. The lowest BCUT2D eigenvalue weighted by Crippen LogP contribution is -2.58. The molecule has 4 unspecified atom stereocenters. The first kappa shape index (κ1) is 26.6. The monoisotopic (exact) mass is 435 g/mol. The molecule has 0 aliphatic rings. The second-order valence-corrected chi connectivity index (χ2v) is 7.16. The number of aliphatic hydroxyl groups excluding tert-OH is 1. The molecule has 13 heteroatoms. The van der Waals surface area contributed by atoms with Gasteiger partial charge in [-0.05, 0) is 12.3 Å². The molecule has 0 spiro atoms. The highest BCUT2D eigenvalue weighted by Crippen LogP contribution is 2.03. The molecule has 4 atom stereocenters. The lowest BCUT2D eigenvalue weighted by atomic mass is 10.0. The van der Waals surface area contributed by atoms with Gasteiger partial charge < -0.3 is 37.6 Å². The first-order chi connectivity index (χ1) is 13.4. The van der Waals surface area contributed by atoms with Crippen molar-refractivity contribution in [2.75, 3.05) is 12.4 Å². The van der Waals surface area contributed by atoms with Crippen LogP contribution in [0.4, 0.5) is 0 Å². The number of rotatable bonds is 13. The van der Waals surface area contributed by atoms with Gasteiger partial charge in [-0.1, -0.05) is 13.8 Å². The molecule has 0 aliphatic carbocycles. The standard InChI is InChI=1S/C16H29N5O7S/c1-7(2)3-8(17)13(24)20-10(5-22)15(26)19-9(4-12(18)23)14(25)21-11(6-29)16(27)28/h7-11,22,29H,3-6,17H2,1-2H3,(H2,18,23)(H,19,26)(H,20,24)(H,21,25)(H,27,28). The summed E-state index contributed by atoms with van der Waals surface area (Å²) in [4.78, 5) is 58.9. The Kier molecular flexibility index (Phi) is 11.9. The van der Waals surface area contributed by atoms with Gasteiger partial charge in [0.1, 0.15) is 18.1 Å². The summed E-state index contributed by atoms with van der Waals surface area (Å²) in [5, 5.41) is 24.9. The Morgan fingerprint density at radius 2 is 1.41 bits per heavy atom. The average Bonchev–Trinajstić information content (AvgIpc) is 2.61. The largest absolute Gasteiger partial charge is 0.480 e. The molecule has 0 aromatic heterocycles. The third kappa shape index (κ3) is 10.1. The van der Waals surface area contributed by atoms with E-state index in [1.807, 2.05) is 13.8 Å². The minimum Gasteiger partial charge on any atom is -0.480 e. The van der Waals surface area contributed by atoms with Crippen molar-refractivity contribution in [1.82, 2.24) is 16.0 Å². The van der Waals surface area contributed by atoms with Crippen molar-refractivity contribution in [2.45, 2.75) is 50.9 Å². The Labute approximate surface area is 173 Å². The molecule has 12 nitrogen and oxygen atoms in total. The van der Waals surface area contributed by atoms with Gasteiger partial charge >= 0.3 is 5.97 Å². The molecule has 9 N–H and O–H groups in total. The quantitative estimate of drug-likeness (QED) is 0.137. The smallest absolute Gasteiger partial charge is 0.327 e. The molecular formula is C16H29N5O7S. The zero-order chi connectivity index (χ0) is 22.7. The molecule has 29 heavy (non-hydrogen) atoms. The van der Waals surface area contributed by atoms with Crippen LogP contribution < -0.4 is 27.4 Å². The zero-order valence-electron chi connectivity index (χ0n) is 16.3. The minimum absolute atomic E-state index is 0.120. The summed E-state index contributed by atoms with van der Waals surface area (Å²) in [5.41, 5.74) is 10.8. The molecule has 0 saturated heterocycles. The Morgan fingerprint density at radius 3 is 1.83 bits per heavy atom. The molecular weight excluding hydrogens is 406 g/mol. The van der Waals surface area contributed by atoms with Crippen molar-refractivity contribution < 1.29 is 34.2 Å². The third-order valence-corrected chi connectivity index (χ3v) is 4.08. The van der Waals surface area contributed by atoms with Crippen LogP contribution in [0.1, 0.15) is 26.7 Å². The van der Waals surface area contributed by atoms with Crippen molar-refractivity contribution in [2.24, 2.45) is 17.4 Å². The van der Waals surface area contributed by atoms with Crippen LogP contribution in [-0.4, -0.2) is 76.3 Å². The Balaban J connectivity index is 5.17. The molecule has 0 aromatic rings. The molecule has 166 valence electrons. The van der Waals surface area contributed by atoms with Gasteiger partial charge in [-0.2, -0.15) is 12.6 Å². The molecule has 0 rings (SSSR count). The van der Waals surface area contributed by atoms with E-state index in [4.69, 9.17) is 16.6 Å². The van der Waals surface area contributed by atoms with Crippen LogP contribution in [0.3, 0.4) is 0 Å². The zero-order valence-corrected chi connectivity index (χ0v) is 17.1. The number of hydrogen-bond donors (Lipinski definition) is 8. The Bertz CT molecular complexity index is 616. The summed E-state index contributed by atoms with van der Waals surface area (Å²) in [6.45, 7) is 2.91. The lowest BCUT2D eigenvalue weighted by Gasteiger charge is -2.23. The van der Waals surface area contributed by atoms with Crippen molar-refractivity contribution in [3.8, 4) is 0 Å². The number of thiol groups is 1. The fraction of sp³-hybridized carbons (Fsp3) is 0.688. The maximum absolute atomic E-state index is 12.3. The number of carboxylic acids is 1. The van der Waals surface area contributed by atoms with E-state index in [2.05, 4.69) is 28.6 Å². The van der Waals surface area contributed by atoms with Gasteiger partial charge in [0.25, 0.3) is 0 Å². The molecule has 0 fully saturated rings. The van der Waals surface area contributed by atoms with E-state index in [1.54, 1.807) is 0 Å². The number of carbonyl (C=O) groups excluding carboxylic acids is 4. The lowest BCUT2D eigenvalue weighted by molar-refractivity contribution is -0.141. The Morgan fingerprint density at radius 1 is 0.931 bits per heavy atom. The van der Waals surface area contributed by atoms with Gasteiger partial charge in [0.15, 0.2) is 0 Å². The second kappa shape index (κ2) is 13.0. The van der Waals surface area contributed by atoms with E-state index in [0.717, 1.165) is 0 Å². The second-order valence-electron chi connectivity index (χ2n) is 6.79. The summed E-state index contributed by atoms with van der Waals surface area (Å²) >= 11 is 3.80. The molecule has 0 saturated carbocycles. The van der Waals surface area contributed by atoms with Crippen molar-refractivity contribution >= 4 is 42.2 Å². The molecule has 0 bridgehead atoms. The number of carbonyl (C=O) groups is 5. The molecule has 0 heterocycles. The maximum Gasteiger partial charge on any atom is 0.327 e. The number of carboxylic acid groups (broad SMARTS) is 1. The predicted molar refractivity (Wildman–Crippen MR) is 106 cm³/mol.